The summed E-state index contributed by atoms with van der Waals surface area (Å²) in [4.78, 5) is 37.9. The second-order valence-corrected chi connectivity index (χ2v) is 4.93. The Kier molecular flexibility index (Phi) is 4.08. The Morgan fingerprint density at radius 2 is 2.05 bits per heavy atom. The van der Waals surface area contributed by atoms with Crippen molar-refractivity contribution in [2.45, 2.75) is 6.42 Å². The fourth-order valence-corrected chi connectivity index (χ4v) is 2.60. The van der Waals surface area contributed by atoms with E-state index in [1.165, 1.54) is 29.6 Å². The number of amides is 3. The van der Waals surface area contributed by atoms with E-state index in [0.29, 0.717) is 25.4 Å². The van der Waals surface area contributed by atoms with E-state index in [1.807, 2.05) is 0 Å². The number of carboxylic acid groups (broad SMARTS) is 1. The Morgan fingerprint density at radius 1 is 1.38 bits per heavy atom. The van der Waals surface area contributed by atoms with Crippen LogP contribution >= 0.6 is 0 Å². The van der Waals surface area contributed by atoms with Crippen LogP contribution in [0.4, 0.5) is 4.79 Å². The second-order valence-electron chi connectivity index (χ2n) is 4.93. The lowest BCUT2D eigenvalue weighted by molar-refractivity contribution is -0.476. The van der Waals surface area contributed by atoms with Crippen LogP contribution in [0.25, 0.3) is 0 Å². The molecule has 0 radical (unpaired) electrons. The summed E-state index contributed by atoms with van der Waals surface area (Å²) in [6.07, 6.45) is 1.98. The second kappa shape index (κ2) is 5.65. The van der Waals surface area contributed by atoms with Gasteiger partial charge in [-0.2, -0.15) is 4.90 Å². The van der Waals surface area contributed by atoms with Gasteiger partial charge in [0.05, 0.1) is 13.6 Å². The average molecular weight is 296 g/mol. The summed E-state index contributed by atoms with van der Waals surface area (Å²) in [7, 11) is 4.48. The summed E-state index contributed by atoms with van der Waals surface area (Å²) in [5.74, 6) is -1.87. The molecule has 0 aliphatic carbocycles. The van der Waals surface area contributed by atoms with Crippen molar-refractivity contribution in [3.63, 3.8) is 0 Å². The molecule has 8 heteroatoms. The first-order valence-corrected chi connectivity index (χ1v) is 6.53. The highest BCUT2D eigenvalue weighted by molar-refractivity contribution is 6.18. The van der Waals surface area contributed by atoms with Crippen LogP contribution in [0.15, 0.2) is 11.8 Å². The molecule has 2 aliphatic heterocycles. The molecule has 0 aromatic carbocycles. The maximum absolute atomic E-state index is 12.2. The minimum absolute atomic E-state index is 0.0226. The van der Waals surface area contributed by atoms with Crippen molar-refractivity contribution in [1.82, 2.24) is 9.80 Å². The Hall–Kier alpha value is -2.22. The van der Waals surface area contributed by atoms with E-state index in [-0.39, 0.29) is 5.70 Å². The molecule has 1 saturated heterocycles. The number of aliphatic carboxylic acids is 1. The van der Waals surface area contributed by atoms with Gasteiger partial charge in [-0.05, 0) is 6.08 Å². The summed E-state index contributed by atoms with van der Waals surface area (Å²) in [5.41, 5.74) is 0.0226. The molecule has 1 fully saturated rings. The normalized spacial score (nSPS) is 21.9. The van der Waals surface area contributed by atoms with Crippen LogP contribution in [0.1, 0.15) is 6.42 Å². The van der Waals surface area contributed by atoms with Gasteiger partial charge >= 0.3 is 12.0 Å². The zero-order chi connectivity index (χ0) is 15.7. The number of carbonyl (C=O) groups excluding carboxylic acids is 2. The number of carbonyl (C=O) groups is 3. The number of rotatable bonds is 5. The number of urea groups is 1. The molecule has 2 heterocycles. The van der Waals surface area contributed by atoms with Crippen LogP contribution < -0.4 is 0 Å². The molecule has 21 heavy (non-hydrogen) atoms. The highest BCUT2D eigenvalue weighted by atomic mass is 16.5. The maximum atomic E-state index is 12.2. The third kappa shape index (κ3) is 2.42. The number of ether oxygens (including phenoxy) is 1. The molecule has 0 aromatic rings. The number of methoxy groups -OCH3 is 1. The zero-order valence-electron chi connectivity index (χ0n) is 12.2. The van der Waals surface area contributed by atoms with Crippen molar-refractivity contribution < 1.29 is 28.8 Å². The van der Waals surface area contributed by atoms with E-state index in [1.54, 1.807) is 7.11 Å². The van der Waals surface area contributed by atoms with Crippen LogP contribution in [-0.4, -0.2) is 77.6 Å². The van der Waals surface area contributed by atoms with Crippen LogP contribution in [0.3, 0.4) is 0 Å². The standard InChI is InChI=1S/C13H17N3O5/c1-14-10-8(11(17)15(2)13(14)20)7-9(12(18)19)16(10)5-4-6-21-3/h7-8H,4-6H2,1-3H3/p+1. The van der Waals surface area contributed by atoms with Crippen molar-refractivity contribution in [3.8, 4) is 0 Å². The number of nitrogens with zero attached hydrogens (tertiary/aromatic N) is 3. The summed E-state index contributed by atoms with van der Waals surface area (Å²) < 4.78 is 6.47. The minimum Gasteiger partial charge on any atom is -0.475 e. The molecule has 2 rings (SSSR count). The first-order chi connectivity index (χ1) is 9.90. The topological polar surface area (TPSA) is 90.2 Å². The molecule has 0 saturated carbocycles. The fraction of sp³-hybridized carbons (Fsp3) is 0.538. The Bertz CT molecular complexity index is 566. The third-order valence-corrected chi connectivity index (χ3v) is 3.63. The molecule has 0 spiro atoms. The van der Waals surface area contributed by atoms with Gasteiger partial charge in [0.1, 0.15) is 0 Å². The third-order valence-electron chi connectivity index (χ3n) is 3.63. The SMILES string of the molecule is COCCC[N+]1=C2C(C=C1C(=O)O)C(=O)N(C)C(=O)N2C. The lowest BCUT2D eigenvalue weighted by Gasteiger charge is -2.27. The highest BCUT2D eigenvalue weighted by Crippen LogP contribution is 2.25. The summed E-state index contributed by atoms with van der Waals surface area (Å²) >= 11 is 0. The van der Waals surface area contributed by atoms with E-state index in [2.05, 4.69) is 0 Å². The van der Waals surface area contributed by atoms with Crippen LogP contribution in [0.2, 0.25) is 0 Å². The van der Waals surface area contributed by atoms with Crippen LogP contribution in [0, 0.1) is 5.92 Å². The Balaban J connectivity index is 2.44. The largest absolute Gasteiger partial charge is 0.475 e. The van der Waals surface area contributed by atoms with E-state index in [4.69, 9.17) is 4.74 Å². The van der Waals surface area contributed by atoms with E-state index >= 15 is 0 Å². The molecule has 1 atom stereocenters. The number of amidine groups is 1. The smallest absolute Gasteiger partial charge is 0.417 e. The van der Waals surface area contributed by atoms with Crippen molar-refractivity contribution in [2.75, 3.05) is 34.4 Å². The average Bonchev–Trinajstić information content (AvgIpc) is 2.83. The highest BCUT2D eigenvalue weighted by Gasteiger charge is 2.51. The minimum atomic E-state index is -1.12. The number of fused-ring (bicyclic) bond motifs is 1. The molecule has 8 nitrogen and oxygen atoms in total. The Morgan fingerprint density at radius 3 is 2.62 bits per heavy atom. The lowest BCUT2D eigenvalue weighted by atomic mass is 10.0. The molecule has 2 aliphatic rings. The van der Waals surface area contributed by atoms with Gasteiger partial charge in [0.25, 0.3) is 11.7 Å². The molecule has 0 aromatic heterocycles. The van der Waals surface area contributed by atoms with Crippen molar-refractivity contribution >= 4 is 23.7 Å². The Labute approximate surface area is 121 Å². The summed E-state index contributed by atoms with van der Waals surface area (Å²) in [6.45, 7) is 0.833. The van der Waals surface area contributed by atoms with Gasteiger partial charge in [-0.15, -0.1) is 0 Å². The first kappa shape index (κ1) is 15.2. The zero-order valence-corrected chi connectivity index (χ0v) is 12.2. The van der Waals surface area contributed by atoms with E-state index in [0.717, 1.165) is 4.90 Å². The quantitative estimate of drug-likeness (QED) is 0.548. The number of carboxylic acids is 1. The van der Waals surface area contributed by atoms with E-state index in [9.17, 15) is 19.5 Å². The van der Waals surface area contributed by atoms with Gasteiger partial charge in [-0.1, -0.05) is 0 Å². The maximum Gasteiger partial charge on any atom is 0.417 e. The number of hydrogen-bond acceptors (Lipinski definition) is 4. The molecule has 3 amide bonds. The fourth-order valence-electron chi connectivity index (χ4n) is 2.60. The molecule has 0 bridgehead atoms. The lowest BCUT2D eigenvalue weighted by Crippen LogP contribution is -2.57. The van der Waals surface area contributed by atoms with E-state index < -0.39 is 23.8 Å². The molecular weight excluding hydrogens is 278 g/mol. The predicted octanol–water partition coefficient (Wildman–Crippen LogP) is -0.444. The van der Waals surface area contributed by atoms with Gasteiger partial charge in [-0.3, -0.25) is 4.79 Å². The van der Waals surface area contributed by atoms with Crippen molar-refractivity contribution in [2.24, 2.45) is 5.92 Å². The monoisotopic (exact) mass is 296 g/mol. The van der Waals surface area contributed by atoms with Crippen LogP contribution in [0.5, 0.6) is 0 Å². The van der Waals surface area contributed by atoms with Crippen molar-refractivity contribution in [1.29, 1.82) is 0 Å². The van der Waals surface area contributed by atoms with Crippen molar-refractivity contribution in [3.05, 3.63) is 11.8 Å². The number of imide groups is 1. The van der Waals surface area contributed by atoms with Gasteiger partial charge in [0.15, 0.2) is 5.92 Å². The molecule has 1 unspecified atom stereocenters. The van der Waals surface area contributed by atoms with Crippen LogP contribution in [-0.2, 0) is 14.3 Å². The summed E-state index contributed by atoms with van der Waals surface area (Å²) in [5, 5.41) is 9.31. The van der Waals surface area contributed by atoms with Gasteiger partial charge in [0.2, 0.25) is 5.70 Å². The molecule has 1 N–H and O–H groups in total. The van der Waals surface area contributed by atoms with Gasteiger partial charge in [-0.25, -0.2) is 19.1 Å². The molecule has 114 valence electrons. The molecular formula is C13H18N3O5+. The number of hydrogen-bond donors (Lipinski definition) is 1. The predicted molar refractivity (Wildman–Crippen MR) is 71.8 cm³/mol. The summed E-state index contributed by atoms with van der Waals surface area (Å²) in [6, 6.07) is -0.469. The first-order valence-electron chi connectivity index (χ1n) is 6.53. The van der Waals surface area contributed by atoms with Gasteiger partial charge in [0, 0.05) is 27.2 Å². The van der Waals surface area contributed by atoms with Gasteiger partial charge < -0.3 is 9.84 Å².